The minimum atomic E-state index is -4.29. The first-order valence-electron chi connectivity index (χ1n) is 20.6. The molecule has 8 nitrogen and oxygen atoms in total. The third-order valence-corrected chi connectivity index (χ3v) is 9.01. The number of hydrogen-bond donors (Lipinski definition) is 2. The van der Waals surface area contributed by atoms with Gasteiger partial charge in [-0.2, -0.15) is 0 Å². The third-order valence-electron chi connectivity index (χ3n) is 8.03. The van der Waals surface area contributed by atoms with Crippen molar-refractivity contribution < 1.29 is 32.8 Å². The highest BCUT2D eigenvalue weighted by Gasteiger charge is 2.25. The second-order valence-corrected chi connectivity index (χ2v) is 14.6. The minimum absolute atomic E-state index is 0.0901. The van der Waals surface area contributed by atoms with E-state index in [-0.39, 0.29) is 38.8 Å². The molecule has 0 rings (SSSR count). The number of carbonyl (C=O) groups excluding carboxylic acids is 1. The van der Waals surface area contributed by atoms with Gasteiger partial charge in [-0.1, -0.05) is 144 Å². The normalized spacial score (nSPS) is 14.4. The summed E-state index contributed by atoms with van der Waals surface area (Å²) in [7, 11) is -4.29. The van der Waals surface area contributed by atoms with Gasteiger partial charge >= 0.3 is 13.8 Å². The summed E-state index contributed by atoms with van der Waals surface area (Å²) in [4.78, 5) is 22.4. The molecule has 53 heavy (non-hydrogen) atoms. The smallest absolute Gasteiger partial charge is 0.457 e. The first kappa shape index (κ1) is 50.7. The number of unbranched alkanes of at least 4 members (excludes halogenated alkanes) is 11. The van der Waals surface area contributed by atoms with Gasteiger partial charge in [0.1, 0.15) is 6.10 Å². The van der Waals surface area contributed by atoms with Gasteiger partial charge in [-0.3, -0.25) is 13.8 Å². The molecule has 0 amide bonds. The summed E-state index contributed by atoms with van der Waals surface area (Å²) in [6, 6.07) is 0. The Kier molecular flexibility index (Phi) is 39.1. The van der Waals surface area contributed by atoms with Gasteiger partial charge in [0.05, 0.1) is 19.8 Å². The summed E-state index contributed by atoms with van der Waals surface area (Å²) in [5, 5.41) is 0. The summed E-state index contributed by atoms with van der Waals surface area (Å²) >= 11 is 0. The van der Waals surface area contributed by atoms with Crippen LogP contribution < -0.4 is 5.73 Å². The Hall–Kier alpha value is -2.32. The van der Waals surface area contributed by atoms with Crippen molar-refractivity contribution in [3.8, 4) is 0 Å². The van der Waals surface area contributed by atoms with E-state index in [0.29, 0.717) is 6.61 Å². The van der Waals surface area contributed by atoms with Crippen LogP contribution in [-0.2, 0) is 27.9 Å². The Balaban J connectivity index is 4.12. The van der Waals surface area contributed by atoms with Crippen molar-refractivity contribution in [3.63, 3.8) is 0 Å². The lowest BCUT2D eigenvalue weighted by Gasteiger charge is -2.20. The standard InChI is InChI=1S/C44H76NO7P/c1-3-5-7-9-11-13-15-16-17-18-19-20-21-22-23-24-25-26-27-29-31-33-35-37-44(46)52-43(42-51-53(47,48)50-40-38-45)41-49-39-36-34-32-30-28-14-12-10-8-6-4-2/h5,7-8,10-11,13,16-17,19-20,22-23,25-26,43H,3-4,6,9,12,14-15,18,21,24,27-42,45H2,1-2H3,(H,47,48)/b7-5-,10-8-,13-11-,17-16-,20-19-,23-22-,26-25-. The minimum Gasteiger partial charge on any atom is -0.457 e. The van der Waals surface area contributed by atoms with Crippen LogP contribution in [-0.4, -0.2) is 49.9 Å². The van der Waals surface area contributed by atoms with Gasteiger partial charge in [0.2, 0.25) is 0 Å². The van der Waals surface area contributed by atoms with Crippen LogP contribution in [0.3, 0.4) is 0 Å². The summed E-state index contributed by atoms with van der Waals surface area (Å²) in [5.74, 6) is -0.362. The van der Waals surface area contributed by atoms with E-state index < -0.39 is 13.9 Å². The summed E-state index contributed by atoms with van der Waals surface area (Å²) < 4.78 is 33.3. The van der Waals surface area contributed by atoms with Crippen LogP contribution in [0, 0.1) is 0 Å². The van der Waals surface area contributed by atoms with Crippen LogP contribution in [0.15, 0.2) is 85.1 Å². The molecule has 2 atom stereocenters. The van der Waals surface area contributed by atoms with Crippen LogP contribution in [0.4, 0.5) is 0 Å². The number of allylic oxidation sites excluding steroid dienone is 14. The molecular formula is C44H76NO7P. The molecule has 0 aromatic carbocycles. The van der Waals surface area contributed by atoms with E-state index in [0.717, 1.165) is 96.3 Å². The fourth-order valence-corrected chi connectivity index (χ4v) is 5.82. The van der Waals surface area contributed by atoms with E-state index in [4.69, 9.17) is 24.3 Å². The SMILES string of the molecule is CC/C=C\C/C=C\C/C=C\C/C=C\C/C=C\C/C=C\CCCCCCC(=O)OC(COCCCCCCCC/C=C\CCC)COP(=O)(O)OCCN. The molecule has 0 aliphatic rings. The number of phosphoric ester groups is 1. The fraction of sp³-hybridized carbons (Fsp3) is 0.659. The van der Waals surface area contributed by atoms with E-state index in [1.165, 1.54) is 32.1 Å². The maximum atomic E-state index is 12.6. The van der Waals surface area contributed by atoms with Crippen molar-refractivity contribution in [3.05, 3.63) is 85.1 Å². The highest BCUT2D eigenvalue weighted by molar-refractivity contribution is 7.47. The Bertz CT molecular complexity index is 1080. The Morgan fingerprint density at radius 2 is 1.06 bits per heavy atom. The molecule has 3 N–H and O–H groups in total. The largest absolute Gasteiger partial charge is 0.472 e. The fourth-order valence-electron chi connectivity index (χ4n) is 5.06. The maximum absolute atomic E-state index is 12.6. The molecule has 0 saturated carbocycles. The summed E-state index contributed by atoms with van der Waals surface area (Å²) in [6.45, 7) is 4.67. The van der Waals surface area contributed by atoms with Gasteiger partial charge in [0.15, 0.2) is 0 Å². The Morgan fingerprint density at radius 1 is 0.585 bits per heavy atom. The first-order chi connectivity index (χ1) is 25.9. The average Bonchev–Trinajstić information content (AvgIpc) is 3.15. The number of hydrogen-bond acceptors (Lipinski definition) is 7. The molecule has 9 heteroatoms. The van der Waals surface area contributed by atoms with Crippen LogP contribution in [0.25, 0.3) is 0 Å². The molecule has 0 heterocycles. The van der Waals surface area contributed by atoms with Crippen molar-refractivity contribution in [2.75, 3.05) is 33.0 Å². The highest BCUT2D eigenvalue weighted by Crippen LogP contribution is 2.43. The Morgan fingerprint density at radius 3 is 1.60 bits per heavy atom. The van der Waals surface area contributed by atoms with Gasteiger partial charge in [-0.25, -0.2) is 4.57 Å². The number of nitrogens with two attached hydrogens (primary N) is 1. The zero-order valence-electron chi connectivity index (χ0n) is 33.5. The molecule has 0 bridgehead atoms. The van der Waals surface area contributed by atoms with Crippen molar-refractivity contribution in [1.29, 1.82) is 0 Å². The molecule has 0 radical (unpaired) electrons. The number of ether oxygens (including phenoxy) is 2. The second-order valence-electron chi connectivity index (χ2n) is 13.1. The molecule has 2 unspecified atom stereocenters. The second kappa shape index (κ2) is 40.9. The molecule has 0 aliphatic heterocycles. The van der Waals surface area contributed by atoms with Crippen molar-refractivity contribution in [2.24, 2.45) is 5.73 Å². The molecule has 0 aromatic rings. The zero-order chi connectivity index (χ0) is 38.8. The van der Waals surface area contributed by atoms with Crippen LogP contribution in [0.2, 0.25) is 0 Å². The average molecular weight is 762 g/mol. The van der Waals surface area contributed by atoms with E-state index in [2.05, 4.69) is 98.9 Å². The van der Waals surface area contributed by atoms with Crippen LogP contribution in [0.1, 0.15) is 149 Å². The lowest BCUT2D eigenvalue weighted by Crippen LogP contribution is -2.28. The number of phosphoric acid groups is 1. The summed E-state index contributed by atoms with van der Waals surface area (Å²) in [5.41, 5.74) is 5.35. The first-order valence-corrected chi connectivity index (χ1v) is 22.1. The Labute approximate surface area is 324 Å². The van der Waals surface area contributed by atoms with Crippen molar-refractivity contribution in [1.82, 2.24) is 0 Å². The van der Waals surface area contributed by atoms with Crippen LogP contribution in [0.5, 0.6) is 0 Å². The molecule has 0 saturated heterocycles. The predicted molar refractivity (Wildman–Crippen MR) is 224 cm³/mol. The van der Waals surface area contributed by atoms with Crippen molar-refractivity contribution >= 4 is 13.8 Å². The predicted octanol–water partition coefficient (Wildman–Crippen LogP) is 12.1. The van der Waals surface area contributed by atoms with Crippen LogP contribution >= 0.6 is 7.82 Å². The topological polar surface area (TPSA) is 117 Å². The third kappa shape index (κ3) is 40.7. The molecule has 0 fully saturated rings. The van der Waals surface area contributed by atoms with E-state index in [9.17, 15) is 14.3 Å². The molecular weight excluding hydrogens is 685 g/mol. The molecule has 0 spiro atoms. The zero-order valence-corrected chi connectivity index (χ0v) is 34.4. The molecule has 0 aromatic heterocycles. The lowest BCUT2D eigenvalue weighted by molar-refractivity contribution is -0.154. The van der Waals surface area contributed by atoms with E-state index in [1.807, 2.05) is 0 Å². The van der Waals surface area contributed by atoms with Gasteiger partial charge in [-0.15, -0.1) is 0 Å². The molecule has 304 valence electrons. The van der Waals surface area contributed by atoms with Gasteiger partial charge < -0.3 is 20.1 Å². The number of esters is 1. The molecule has 0 aliphatic carbocycles. The monoisotopic (exact) mass is 762 g/mol. The van der Waals surface area contributed by atoms with E-state index >= 15 is 0 Å². The van der Waals surface area contributed by atoms with E-state index in [1.54, 1.807) is 0 Å². The van der Waals surface area contributed by atoms with Crippen molar-refractivity contribution in [2.45, 2.75) is 155 Å². The number of carbonyl (C=O) groups is 1. The van der Waals surface area contributed by atoms with Gasteiger partial charge in [0, 0.05) is 19.6 Å². The quantitative estimate of drug-likeness (QED) is 0.0276. The summed E-state index contributed by atoms with van der Waals surface area (Å²) in [6.07, 6.45) is 51.7. The maximum Gasteiger partial charge on any atom is 0.472 e. The van der Waals surface area contributed by atoms with Gasteiger partial charge in [0.25, 0.3) is 0 Å². The number of rotatable bonds is 38. The van der Waals surface area contributed by atoms with Gasteiger partial charge in [-0.05, 0) is 83.5 Å². The highest BCUT2D eigenvalue weighted by atomic mass is 31.2. The lowest BCUT2D eigenvalue weighted by atomic mass is 10.1.